The topological polar surface area (TPSA) is 220 Å². The highest BCUT2D eigenvalue weighted by atomic mass is 16.6. The summed E-state index contributed by atoms with van der Waals surface area (Å²) in [5, 5.41) is 72.7. The molecule has 1 aromatic heterocycles. The molecule has 0 aliphatic carbocycles. The Bertz CT molecular complexity index is 1920. The van der Waals surface area contributed by atoms with E-state index in [0.29, 0.717) is 46.9 Å². The molecule has 2 aliphatic rings. The molecule has 280 valence electrons. The first kappa shape index (κ1) is 37.7. The van der Waals surface area contributed by atoms with E-state index >= 15 is 0 Å². The van der Waals surface area contributed by atoms with Crippen molar-refractivity contribution in [1.82, 2.24) is 15.0 Å². The van der Waals surface area contributed by atoms with Crippen LogP contribution in [0, 0.1) is 5.92 Å². The number of carbonyl (C=O) groups excluding carboxylic acids is 2. The summed E-state index contributed by atoms with van der Waals surface area (Å²) < 4.78 is 12.1. The van der Waals surface area contributed by atoms with Crippen molar-refractivity contribution in [2.75, 3.05) is 23.9 Å². The molecule has 1 saturated heterocycles. The zero-order valence-corrected chi connectivity index (χ0v) is 29.1. The van der Waals surface area contributed by atoms with Crippen LogP contribution >= 0.6 is 0 Å². The van der Waals surface area contributed by atoms with Crippen molar-refractivity contribution in [2.45, 2.75) is 68.7 Å². The molecule has 15 nitrogen and oxygen atoms in total. The highest BCUT2D eigenvalue weighted by Gasteiger charge is 2.53. The third kappa shape index (κ3) is 7.59. The maximum absolute atomic E-state index is 14.1. The summed E-state index contributed by atoms with van der Waals surface area (Å²) in [5.74, 6) is -1.81. The molecule has 1 fully saturated rings. The molecule has 1 unspecified atom stereocenters. The number of rotatable bonds is 13. The molecule has 4 aromatic rings. The summed E-state index contributed by atoms with van der Waals surface area (Å²) >= 11 is 0. The van der Waals surface area contributed by atoms with E-state index in [4.69, 9.17) is 9.47 Å². The van der Waals surface area contributed by atoms with Gasteiger partial charge in [0.15, 0.2) is 18.0 Å². The molecule has 0 radical (unpaired) electrons. The largest absolute Gasteiger partial charge is 0.497 e. The van der Waals surface area contributed by atoms with Crippen LogP contribution in [0.5, 0.6) is 5.75 Å². The van der Waals surface area contributed by atoms with Gasteiger partial charge in [0.05, 0.1) is 37.6 Å². The number of allylic oxidation sites excluding steroid dienone is 1. The van der Waals surface area contributed by atoms with Gasteiger partial charge < -0.3 is 50.3 Å². The summed E-state index contributed by atoms with van der Waals surface area (Å²) in [6, 6.07) is 21.2. The predicted molar refractivity (Wildman–Crippen MR) is 190 cm³/mol. The lowest BCUT2D eigenvalue weighted by molar-refractivity contribution is -0.274. The van der Waals surface area contributed by atoms with Crippen LogP contribution < -0.4 is 15.0 Å². The van der Waals surface area contributed by atoms with Gasteiger partial charge in [0.1, 0.15) is 24.1 Å². The number of methoxy groups -OCH3 is 1. The van der Waals surface area contributed by atoms with Crippen LogP contribution in [0.4, 0.5) is 11.4 Å². The van der Waals surface area contributed by atoms with E-state index in [1.54, 1.807) is 66.3 Å². The molecule has 3 aromatic carbocycles. The minimum Gasteiger partial charge on any atom is -0.497 e. The Morgan fingerprint density at radius 2 is 1.77 bits per heavy atom. The van der Waals surface area contributed by atoms with Crippen LogP contribution in [-0.2, 0) is 33.0 Å². The molecule has 2 amide bonds. The zero-order chi connectivity index (χ0) is 37.9. The normalized spacial score (nSPS) is 25.3. The second-order valence-corrected chi connectivity index (χ2v) is 13.2. The number of hydrogen-bond acceptors (Lipinski definition) is 12. The fourth-order valence-corrected chi connectivity index (χ4v) is 6.66. The first-order valence-corrected chi connectivity index (χ1v) is 17.2. The van der Waals surface area contributed by atoms with Gasteiger partial charge in [-0.25, -0.2) is 0 Å². The quantitative estimate of drug-likeness (QED) is 0.0965. The highest BCUT2D eigenvalue weighted by molar-refractivity contribution is 6.07. The van der Waals surface area contributed by atoms with Crippen molar-refractivity contribution in [3.8, 4) is 5.75 Å². The molecule has 0 bridgehead atoms. The lowest BCUT2D eigenvalue weighted by Crippen LogP contribution is -2.60. The van der Waals surface area contributed by atoms with Gasteiger partial charge in [-0.15, -0.1) is 5.10 Å². The van der Waals surface area contributed by atoms with E-state index in [1.165, 1.54) is 12.0 Å². The van der Waals surface area contributed by atoms with Gasteiger partial charge in [-0.1, -0.05) is 66.8 Å². The van der Waals surface area contributed by atoms with Crippen molar-refractivity contribution in [1.29, 1.82) is 0 Å². The molecule has 8 atom stereocenters. The number of nitrogens with one attached hydrogen (secondary N) is 1. The molecular formula is C38H43N5O10. The smallest absolute Gasteiger partial charge is 0.264 e. The number of hydrogen-bond donors (Lipinski definition) is 7. The molecule has 7 N–H and O–H groups in total. The third-order valence-electron chi connectivity index (χ3n) is 9.79. The second kappa shape index (κ2) is 15.9. The minimum absolute atomic E-state index is 0.0955. The van der Waals surface area contributed by atoms with Crippen molar-refractivity contribution in [3.63, 3.8) is 0 Å². The Labute approximate surface area is 305 Å². The van der Waals surface area contributed by atoms with Crippen molar-refractivity contribution in [3.05, 3.63) is 114 Å². The molecule has 0 spiro atoms. The Hall–Kier alpha value is -5.00. The van der Waals surface area contributed by atoms with Gasteiger partial charge in [0.25, 0.3) is 11.8 Å². The minimum atomic E-state index is -1.90. The summed E-state index contributed by atoms with van der Waals surface area (Å²) in [4.78, 5) is 28.3. The van der Waals surface area contributed by atoms with Gasteiger partial charge in [-0.3, -0.25) is 14.3 Å². The zero-order valence-electron chi connectivity index (χ0n) is 29.1. The Morgan fingerprint density at radius 3 is 2.47 bits per heavy atom. The van der Waals surface area contributed by atoms with Gasteiger partial charge >= 0.3 is 0 Å². The van der Waals surface area contributed by atoms with Crippen molar-refractivity contribution < 1.29 is 49.7 Å². The van der Waals surface area contributed by atoms with E-state index in [1.807, 2.05) is 36.4 Å². The lowest BCUT2D eigenvalue weighted by atomic mass is 9.83. The molecule has 3 heterocycles. The maximum atomic E-state index is 14.1. The number of amides is 2. The van der Waals surface area contributed by atoms with E-state index in [2.05, 4.69) is 15.6 Å². The SMILES string of the molecule is COc1ccc2c(c1)[C@@](O)([C@H](C)/C=C/CCn1cc(C(CO)c3ccccc3)nn1)C(=O)N2Cc1ccc(NC(=O)[C@H]2O[C@@H](O)[C@H](O)[C@@H](O)[C@@H]2O)cc1. The predicted octanol–water partition coefficient (Wildman–Crippen LogP) is 1.17. The average Bonchev–Trinajstić information content (AvgIpc) is 3.72. The van der Waals surface area contributed by atoms with Crippen molar-refractivity contribution >= 4 is 23.2 Å². The van der Waals surface area contributed by atoms with Gasteiger partial charge in [-0.2, -0.15) is 0 Å². The Balaban J connectivity index is 1.12. The Morgan fingerprint density at radius 1 is 1.04 bits per heavy atom. The van der Waals surface area contributed by atoms with Gasteiger partial charge in [0, 0.05) is 29.9 Å². The number of nitrogens with zero attached hydrogens (tertiary/aromatic N) is 4. The first-order valence-electron chi connectivity index (χ1n) is 17.2. The van der Waals surface area contributed by atoms with Crippen LogP contribution in [0.3, 0.4) is 0 Å². The van der Waals surface area contributed by atoms with Crippen LogP contribution in [0.15, 0.2) is 91.1 Å². The fraction of sp³-hybridized carbons (Fsp3) is 0.368. The summed E-state index contributed by atoms with van der Waals surface area (Å²) in [7, 11) is 1.51. The molecule has 2 aliphatic heterocycles. The van der Waals surface area contributed by atoms with E-state index < -0.39 is 54.0 Å². The molecular weight excluding hydrogens is 686 g/mol. The van der Waals surface area contributed by atoms with Gasteiger partial charge in [-0.05, 0) is 47.9 Å². The van der Waals surface area contributed by atoms with E-state index in [0.717, 1.165) is 5.56 Å². The average molecular weight is 730 g/mol. The number of anilines is 2. The summed E-state index contributed by atoms with van der Waals surface area (Å²) in [6.45, 7) is 2.25. The van der Waals surface area contributed by atoms with E-state index in [-0.39, 0.29) is 19.1 Å². The highest BCUT2D eigenvalue weighted by Crippen LogP contribution is 2.47. The summed E-state index contributed by atoms with van der Waals surface area (Å²) in [6.07, 6.45) is -2.78. The number of carbonyl (C=O) groups is 2. The molecule has 6 rings (SSSR count). The number of ether oxygens (including phenoxy) is 2. The van der Waals surface area contributed by atoms with Crippen LogP contribution in [-0.4, -0.2) is 102 Å². The van der Waals surface area contributed by atoms with Crippen LogP contribution in [0.1, 0.15) is 41.6 Å². The number of aliphatic hydroxyl groups is 6. The number of benzene rings is 3. The van der Waals surface area contributed by atoms with Crippen LogP contribution in [0.25, 0.3) is 0 Å². The van der Waals surface area contributed by atoms with Gasteiger partial charge in [0.2, 0.25) is 0 Å². The number of aromatic nitrogens is 3. The number of aliphatic hydroxyl groups excluding tert-OH is 5. The van der Waals surface area contributed by atoms with E-state index in [9.17, 15) is 40.2 Å². The second-order valence-electron chi connectivity index (χ2n) is 13.2. The van der Waals surface area contributed by atoms with Crippen LogP contribution in [0.2, 0.25) is 0 Å². The number of fused-ring (bicyclic) bond motifs is 1. The molecule has 0 saturated carbocycles. The third-order valence-corrected chi connectivity index (χ3v) is 9.79. The summed E-state index contributed by atoms with van der Waals surface area (Å²) in [5.41, 5.74) is 1.61. The standard InChI is InChI=1S/C38H43N5O10/c1-22(8-6-7-17-42-20-29(40-41-42)27(21-44)24-9-4-3-5-10-24)38(51)28-18-26(52-2)15-16-30(28)43(37(38)50)19-23-11-13-25(14-12-23)39-35(48)34-32(46)31(45)33(47)36(49)53-34/h3-6,8-16,18,20,22,27,31-34,36,44-47,49,51H,7,17,19,21H2,1-2H3,(H,39,48)/b8-6+/t22-,27?,31+,32+,33-,34+,36-,38+/m1/s1. The molecule has 53 heavy (non-hydrogen) atoms. The fourth-order valence-electron chi connectivity index (χ4n) is 6.66. The Kier molecular flexibility index (Phi) is 11.3. The monoisotopic (exact) mass is 729 g/mol. The first-order chi connectivity index (χ1) is 25.5. The maximum Gasteiger partial charge on any atom is 0.264 e. The molecule has 15 heteroatoms. The number of aryl methyl sites for hydroxylation is 1. The van der Waals surface area contributed by atoms with Crippen molar-refractivity contribution in [2.24, 2.45) is 5.92 Å². The lowest BCUT2D eigenvalue weighted by Gasteiger charge is -2.37.